The van der Waals surface area contributed by atoms with Crippen molar-refractivity contribution in [3.63, 3.8) is 0 Å². The third kappa shape index (κ3) is 4.68. The smallest absolute Gasteiger partial charge is 0.302 e. The summed E-state index contributed by atoms with van der Waals surface area (Å²) in [5, 5.41) is 2.79. The Morgan fingerprint density at radius 2 is 1.82 bits per heavy atom. The van der Waals surface area contributed by atoms with Gasteiger partial charge in [-0.05, 0) is 17.7 Å². The quantitative estimate of drug-likeness (QED) is 0.815. The van der Waals surface area contributed by atoms with Crippen LogP contribution in [0.1, 0.15) is 26.3 Å². The number of hydrogen-bond acceptors (Lipinski definition) is 3. The molecule has 4 heteroatoms. The van der Waals surface area contributed by atoms with Crippen LogP contribution in [0.4, 0.5) is 5.69 Å². The third-order valence-electron chi connectivity index (χ3n) is 2.19. The number of amides is 1. The highest BCUT2D eigenvalue weighted by Crippen LogP contribution is 2.11. The van der Waals surface area contributed by atoms with Crippen LogP contribution in [0.25, 0.3) is 0 Å². The van der Waals surface area contributed by atoms with Gasteiger partial charge in [0.1, 0.15) is 6.61 Å². The summed E-state index contributed by atoms with van der Waals surface area (Å²) in [6.07, 6.45) is 0. The summed E-state index contributed by atoms with van der Waals surface area (Å²) in [7, 11) is 0. The van der Waals surface area contributed by atoms with Crippen molar-refractivity contribution in [3.8, 4) is 0 Å². The molecule has 0 aliphatic rings. The molecule has 0 aromatic heterocycles. The molecule has 0 unspecified atom stereocenters. The highest BCUT2D eigenvalue weighted by Gasteiger charge is 2.06. The molecule has 1 aromatic rings. The van der Waals surface area contributed by atoms with Crippen LogP contribution in [0.2, 0.25) is 0 Å². The van der Waals surface area contributed by atoms with Gasteiger partial charge in [0.15, 0.2) is 0 Å². The number of benzene rings is 1. The van der Waals surface area contributed by atoms with E-state index in [1.165, 1.54) is 6.92 Å². The molecule has 0 bridgehead atoms. The molecular weight excluding hydrogens is 218 g/mol. The van der Waals surface area contributed by atoms with E-state index < -0.39 is 0 Å². The van der Waals surface area contributed by atoms with Gasteiger partial charge in [-0.1, -0.05) is 26.0 Å². The summed E-state index contributed by atoms with van der Waals surface area (Å²) in [6, 6.07) is 7.22. The predicted molar refractivity (Wildman–Crippen MR) is 65.4 cm³/mol. The van der Waals surface area contributed by atoms with Gasteiger partial charge < -0.3 is 10.1 Å². The van der Waals surface area contributed by atoms with Crippen molar-refractivity contribution in [1.29, 1.82) is 0 Å². The molecule has 0 fully saturated rings. The summed E-state index contributed by atoms with van der Waals surface area (Å²) >= 11 is 0. The maximum atomic E-state index is 11.4. The number of anilines is 1. The molecule has 0 saturated heterocycles. The largest absolute Gasteiger partial charge is 0.461 e. The zero-order chi connectivity index (χ0) is 12.8. The lowest BCUT2D eigenvalue weighted by molar-refractivity contribution is -0.142. The van der Waals surface area contributed by atoms with Gasteiger partial charge in [-0.25, -0.2) is 0 Å². The second-order valence-electron chi connectivity index (χ2n) is 4.12. The van der Waals surface area contributed by atoms with Crippen LogP contribution in [-0.2, 0) is 20.9 Å². The minimum Gasteiger partial charge on any atom is -0.461 e. The maximum Gasteiger partial charge on any atom is 0.302 e. The van der Waals surface area contributed by atoms with Crippen LogP contribution in [0.3, 0.4) is 0 Å². The van der Waals surface area contributed by atoms with Gasteiger partial charge >= 0.3 is 5.97 Å². The molecule has 0 aliphatic carbocycles. The van der Waals surface area contributed by atoms with Gasteiger partial charge in [0.25, 0.3) is 0 Å². The third-order valence-corrected chi connectivity index (χ3v) is 2.19. The molecule has 1 amide bonds. The zero-order valence-electron chi connectivity index (χ0n) is 10.3. The number of rotatable bonds is 4. The van der Waals surface area contributed by atoms with Crippen molar-refractivity contribution in [1.82, 2.24) is 0 Å². The average molecular weight is 235 g/mol. The first kappa shape index (κ1) is 13.2. The Bertz CT molecular complexity index is 396. The number of hydrogen-bond donors (Lipinski definition) is 1. The Balaban J connectivity index is 2.56. The Morgan fingerprint density at radius 1 is 1.24 bits per heavy atom. The van der Waals surface area contributed by atoms with Crippen molar-refractivity contribution in [2.45, 2.75) is 27.4 Å². The van der Waals surface area contributed by atoms with E-state index in [1.54, 1.807) is 12.1 Å². The van der Waals surface area contributed by atoms with Crippen LogP contribution < -0.4 is 5.32 Å². The molecule has 92 valence electrons. The Kier molecular flexibility index (Phi) is 4.69. The van der Waals surface area contributed by atoms with Crippen molar-refractivity contribution < 1.29 is 14.3 Å². The van der Waals surface area contributed by atoms with E-state index in [4.69, 9.17) is 4.74 Å². The molecule has 0 saturated carbocycles. The minimum absolute atomic E-state index is 0.0160. The van der Waals surface area contributed by atoms with Crippen LogP contribution in [0.5, 0.6) is 0 Å². The standard InChI is InChI=1S/C13H17NO3/c1-9(2)13(16)14-12-6-4-11(5-7-12)8-17-10(3)15/h4-7,9H,8H2,1-3H3,(H,14,16). The van der Waals surface area contributed by atoms with E-state index in [2.05, 4.69) is 5.32 Å². The van der Waals surface area contributed by atoms with E-state index in [9.17, 15) is 9.59 Å². The molecule has 1 rings (SSSR count). The molecule has 0 spiro atoms. The van der Waals surface area contributed by atoms with E-state index in [0.717, 1.165) is 11.3 Å². The van der Waals surface area contributed by atoms with Crippen molar-refractivity contribution in [3.05, 3.63) is 29.8 Å². The van der Waals surface area contributed by atoms with Gasteiger partial charge in [-0.15, -0.1) is 0 Å². The molecule has 0 heterocycles. The fraction of sp³-hybridized carbons (Fsp3) is 0.385. The molecule has 0 aliphatic heterocycles. The molecule has 17 heavy (non-hydrogen) atoms. The van der Waals surface area contributed by atoms with Crippen LogP contribution in [0, 0.1) is 5.92 Å². The number of nitrogens with one attached hydrogen (secondary N) is 1. The van der Waals surface area contributed by atoms with Gasteiger partial charge in [-0.2, -0.15) is 0 Å². The van der Waals surface area contributed by atoms with E-state index >= 15 is 0 Å². The van der Waals surface area contributed by atoms with Crippen LogP contribution in [-0.4, -0.2) is 11.9 Å². The lowest BCUT2D eigenvalue weighted by Gasteiger charge is -2.08. The summed E-state index contributed by atoms with van der Waals surface area (Å²) in [5.41, 5.74) is 1.64. The second-order valence-corrected chi connectivity index (χ2v) is 4.12. The fourth-order valence-corrected chi connectivity index (χ4v) is 1.16. The van der Waals surface area contributed by atoms with Crippen molar-refractivity contribution >= 4 is 17.6 Å². The van der Waals surface area contributed by atoms with Gasteiger partial charge in [0.2, 0.25) is 5.91 Å². The van der Waals surface area contributed by atoms with Crippen molar-refractivity contribution in [2.24, 2.45) is 5.92 Å². The van der Waals surface area contributed by atoms with Crippen LogP contribution >= 0.6 is 0 Å². The first-order valence-corrected chi connectivity index (χ1v) is 5.52. The molecule has 1 N–H and O–H groups in total. The van der Waals surface area contributed by atoms with E-state index in [-0.39, 0.29) is 24.4 Å². The first-order chi connectivity index (χ1) is 7.99. The Morgan fingerprint density at radius 3 is 2.29 bits per heavy atom. The second kappa shape index (κ2) is 6.03. The maximum absolute atomic E-state index is 11.4. The molecule has 4 nitrogen and oxygen atoms in total. The predicted octanol–water partition coefficient (Wildman–Crippen LogP) is 2.34. The highest BCUT2D eigenvalue weighted by atomic mass is 16.5. The summed E-state index contributed by atoms with van der Waals surface area (Å²) in [4.78, 5) is 22.1. The summed E-state index contributed by atoms with van der Waals surface area (Å²) in [6.45, 7) is 5.31. The minimum atomic E-state index is -0.304. The number of ether oxygens (including phenoxy) is 1. The SMILES string of the molecule is CC(=O)OCc1ccc(NC(=O)C(C)C)cc1. The monoisotopic (exact) mass is 235 g/mol. The lowest BCUT2D eigenvalue weighted by atomic mass is 10.2. The Hall–Kier alpha value is -1.84. The topological polar surface area (TPSA) is 55.4 Å². The van der Waals surface area contributed by atoms with Crippen LogP contribution in [0.15, 0.2) is 24.3 Å². The number of esters is 1. The summed E-state index contributed by atoms with van der Waals surface area (Å²) in [5.74, 6) is -0.365. The molecule has 1 aromatic carbocycles. The van der Waals surface area contributed by atoms with Gasteiger partial charge in [-0.3, -0.25) is 9.59 Å². The van der Waals surface area contributed by atoms with Crippen molar-refractivity contribution in [2.75, 3.05) is 5.32 Å². The molecule has 0 atom stereocenters. The molecule has 0 radical (unpaired) electrons. The zero-order valence-corrected chi connectivity index (χ0v) is 10.3. The molecular formula is C13H17NO3. The highest BCUT2D eigenvalue weighted by molar-refractivity contribution is 5.92. The lowest BCUT2D eigenvalue weighted by Crippen LogP contribution is -2.17. The Labute approximate surface area is 101 Å². The summed E-state index contributed by atoms with van der Waals surface area (Å²) < 4.78 is 4.86. The normalized spacial score (nSPS) is 10.1. The first-order valence-electron chi connectivity index (χ1n) is 5.52. The van der Waals surface area contributed by atoms with Gasteiger partial charge in [0.05, 0.1) is 0 Å². The number of carbonyl (C=O) groups is 2. The number of carbonyl (C=O) groups excluding carboxylic acids is 2. The average Bonchev–Trinajstić information content (AvgIpc) is 2.28. The van der Waals surface area contributed by atoms with E-state index in [0.29, 0.717) is 0 Å². The van der Waals surface area contributed by atoms with Gasteiger partial charge in [0, 0.05) is 18.5 Å². The van der Waals surface area contributed by atoms with E-state index in [1.807, 2.05) is 26.0 Å². The fourth-order valence-electron chi connectivity index (χ4n) is 1.16.